The third kappa shape index (κ3) is 7.65. The fraction of sp³-hybridized carbons (Fsp3) is 0.750. The fourth-order valence-corrected chi connectivity index (χ4v) is 7.17. The van der Waals surface area contributed by atoms with Crippen molar-refractivity contribution in [1.29, 1.82) is 0 Å². The summed E-state index contributed by atoms with van der Waals surface area (Å²) >= 11 is 1.50. The maximum atomic E-state index is 13.3. The zero-order valence-electron chi connectivity index (χ0n) is 23.3. The van der Waals surface area contributed by atoms with Crippen molar-refractivity contribution in [2.24, 2.45) is 11.8 Å². The number of halogens is 6. The number of piperidine rings is 1. The summed E-state index contributed by atoms with van der Waals surface area (Å²) in [6, 6.07) is -0.0690. The lowest BCUT2D eigenvalue weighted by Gasteiger charge is -2.31. The van der Waals surface area contributed by atoms with Crippen molar-refractivity contribution in [1.82, 2.24) is 19.7 Å². The van der Waals surface area contributed by atoms with Gasteiger partial charge in [-0.25, -0.2) is 4.98 Å². The number of alkyl halides is 6. The highest BCUT2D eigenvalue weighted by Gasteiger charge is 2.42. The molecule has 0 N–H and O–H groups in total. The molecule has 2 aromatic rings. The van der Waals surface area contributed by atoms with Gasteiger partial charge in [-0.3, -0.25) is 9.48 Å². The Kier molecular flexibility index (Phi) is 9.83. The molecule has 1 amide bonds. The molecule has 1 aliphatic carbocycles. The maximum absolute atomic E-state index is 13.3. The number of rotatable bonds is 4. The van der Waals surface area contributed by atoms with Crippen molar-refractivity contribution in [3.8, 4) is 0 Å². The minimum Gasteiger partial charge on any atom is -0.347 e. The summed E-state index contributed by atoms with van der Waals surface area (Å²) < 4.78 is 91.3. The second-order valence-corrected chi connectivity index (χ2v) is 12.4. The predicted molar refractivity (Wildman–Crippen MR) is 141 cm³/mol. The Bertz CT molecular complexity index is 1170. The van der Waals surface area contributed by atoms with E-state index in [0.717, 1.165) is 23.5 Å². The van der Waals surface area contributed by atoms with Crippen LogP contribution in [0.5, 0.6) is 0 Å². The Labute approximate surface area is 244 Å². The van der Waals surface area contributed by atoms with Gasteiger partial charge in [-0.1, -0.05) is 38.5 Å². The first kappa shape index (κ1) is 31.2. The Morgan fingerprint density at radius 2 is 1.48 bits per heavy atom. The molecule has 0 spiro atoms. The van der Waals surface area contributed by atoms with Crippen LogP contribution in [-0.4, -0.2) is 51.9 Å². The molecule has 3 fully saturated rings. The number of aromatic nitrogens is 3. The molecular formula is C28H36F6N4O3S. The molecule has 1 saturated carbocycles. The lowest BCUT2D eigenvalue weighted by molar-refractivity contribution is -0.146. The van der Waals surface area contributed by atoms with E-state index in [1.54, 1.807) is 0 Å². The van der Waals surface area contributed by atoms with Gasteiger partial charge in [0.15, 0.2) is 5.69 Å². The highest BCUT2D eigenvalue weighted by atomic mass is 32.1. The summed E-state index contributed by atoms with van der Waals surface area (Å²) in [5.74, 6) is 0.312. The van der Waals surface area contributed by atoms with E-state index in [2.05, 4.69) is 5.10 Å². The molecule has 2 aliphatic heterocycles. The summed E-state index contributed by atoms with van der Waals surface area (Å²) in [6.07, 6.45) is 0.312. The number of carbonyl (C=O) groups is 1. The Hall–Kier alpha value is -2.19. The normalized spacial score (nSPS) is 25.6. The lowest BCUT2D eigenvalue weighted by atomic mass is 9.84. The average Bonchev–Trinajstić information content (AvgIpc) is 3.56. The SMILES string of the molecule is O=C(Cn1nc(C(F)(F)F)cc1C(F)(F)F)N1CCC(c2nc(C3OCC4CCCCCCCCC4CO3)cs2)CC1. The van der Waals surface area contributed by atoms with Crippen LogP contribution < -0.4 is 0 Å². The Morgan fingerprint density at radius 1 is 0.881 bits per heavy atom. The van der Waals surface area contributed by atoms with E-state index >= 15 is 0 Å². The molecule has 3 aliphatic rings. The molecule has 2 saturated heterocycles. The number of hydrogen-bond donors (Lipinski definition) is 0. The molecule has 14 heteroatoms. The molecule has 2 aromatic heterocycles. The molecule has 4 heterocycles. The number of thiazole rings is 1. The van der Waals surface area contributed by atoms with Gasteiger partial charge in [0.25, 0.3) is 0 Å². The number of fused-ring (bicyclic) bond motifs is 1. The van der Waals surface area contributed by atoms with Crippen LogP contribution in [0.25, 0.3) is 0 Å². The van der Waals surface area contributed by atoms with Crippen LogP contribution in [0.15, 0.2) is 11.4 Å². The van der Waals surface area contributed by atoms with Crippen LogP contribution >= 0.6 is 11.3 Å². The van der Waals surface area contributed by atoms with Gasteiger partial charge in [-0.05, 0) is 37.5 Å². The van der Waals surface area contributed by atoms with Crippen molar-refractivity contribution >= 4 is 17.2 Å². The second kappa shape index (κ2) is 13.2. The molecule has 5 rings (SSSR count). The number of hydrogen-bond acceptors (Lipinski definition) is 6. The fourth-order valence-electron chi connectivity index (χ4n) is 6.18. The zero-order valence-corrected chi connectivity index (χ0v) is 24.1. The van der Waals surface area contributed by atoms with Crippen molar-refractivity contribution in [3.63, 3.8) is 0 Å². The molecule has 0 bridgehead atoms. The first-order valence-electron chi connectivity index (χ1n) is 14.7. The maximum Gasteiger partial charge on any atom is 0.435 e. The van der Waals surface area contributed by atoms with Gasteiger partial charge >= 0.3 is 12.4 Å². The molecule has 7 nitrogen and oxygen atoms in total. The zero-order chi connectivity index (χ0) is 29.9. The first-order valence-corrected chi connectivity index (χ1v) is 15.6. The third-order valence-electron chi connectivity index (χ3n) is 8.61. The van der Waals surface area contributed by atoms with Crippen LogP contribution in [0.4, 0.5) is 26.3 Å². The summed E-state index contributed by atoms with van der Waals surface area (Å²) in [5.41, 5.74) is -2.55. The van der Waals surface area contributed by atoms with E-state index < -0.39 is 42.5 Å². The van der Waals surface area contributed by atoms with E-state index in [-0.39, 0.29) is 29.8 Å². The molecule has 42 heavy (non-hydrogen) atoms. The van der Waals surface area contributed by atoms with Gasteiger partial charge < -0.3 is 14.4 Å². The number of carbonyl (C=O) groups excluding carboxylic acids is 1. The van der Waals surface area contributed by atoms with Crippen LogP contribution in [0.2, 0.25) is 0 Å². The van der Waals surface area contributed by atoms with Gasteiger partial charge in [-0.15, -0.1) is 11.3 Å². The second-order valence-electron chi connectivity index (χ2n) is 11.6. The van der Waals surface area contributed by atoms with Crippen LogP contribution in [-0.2, 0) is 33.2 Å². The van der Waals surface area contributed by atoms with Gasteiger partial charge in [0.2, 0.25) is 12.2 Å². The summed E-state index contributed by atoms with van der Waals surface area (Å²) in [6.45, 7) is 0.897. The van der Waals surface area contributed by atoms with Crippen LogP contribution in [0.1, 0.15) is 98.5 Å². The molecule has 234 valence electrons. The molecule has 2 atom stereocenters. The Balaban J connectivity index is 1.16. The van der Waals surface area contributed by atoms with E-state index in [1.165, 1.54) is 54.8 Å². The Morgan fingerprint density at radius 3 is 2.05 bits per heavy atom. The molecule has 0 aromatic carbocycles. The summed E-state index contributed by atoms with van der Waals surface area (Å²) in [4.78, 5) is 18.9. The van der Waals surface area contributed by atoms with Crippen molar-refractivity contribution in [3.05, 3.63) is 33.5 Å². The van der Waals surface area contributed by atoms with Gasteiger partial charge in [0.1, 0.15) is 17.9 Å². The third-order valence-corrected chi connectivity index (χ3v) is 9.64. The standard InChI is InChI=1S/C28H36F6N4O3S/c29-27(30,31)22-13-23(28(32,33)34)38(36-22)14-24(39)37-11-9-18(10-12-37)25-35-21(17-42-25)26-40-15-19-7-5-3-1-2-4-6-8-20(19)16-41-26/h13,17-20,26H,1-12,14-16H2. The van der Waals surface area contributed by atoms with Crippen molar-refractivity contribution in [2.75, 3.05) is 26.3 Å². The van der Waals surface area contributed by atoms with Crippen molar-refractivity contribution < 1.29 is 40.6 Å². The number of likely N-dealkylation sites (tertiary alicyclic amines) is 1. The van der Waals surface area contributed by atoms with Crippen LogP contribution in [0.3, 0.4) is 0 Å². The van der Waals surface area contributed by atoms with E-state index in [9.17, 15) is 31.1 Å². The van der Waals surface area contributed by atoms with Crippen LogP contribution in [0, 0.1) is 11.8 Å². The first-order chi connectivity index (χ1) is 20.0. The quantitative estimate of drug-likeness (QED) is 0.338. The van der Waals surface area contributed by atoms with E-state index in [4.69, 9.17) is 14.5 Å². The summed E-state index contributed by atoms with van der Waals surface area (Å²) in [7, 11) is 0. The number of nitrogens with zero attached hydrogens (tertiary/aromatic N) is 4. The number of ether oxygens (including phenoxy) is 2. The largest absolute Gasteiger partial charge is 0.435 e. The minimum absolute atomic E-state index is 0.0490. The van der Waals surface area contributed by atoms with Gasteiger partial charge in [-0.2, -0.15) is 31.4 Å². The molecule has 2 unspecified atom stereocenters. The van der Waals surface area contributed by atoms with E-state index in [0.29, 0.717) is 37.9 Å². The lowest BCUT2D eigenvalue weighted by Crippen LogP contribution is -2.40. The monoisotopic (exact) mass is 622 g/mol. The highest BCUT2D eigenvalue weighted by molar-refractivity contribution is 7.09. The number of amides is 1. The highest BCUT2D eigenvalue weighted by Crippen LogP contribution is 2.38. The van der Waals surface area contributed by atoms with E-state index in [1.807, 2.05) is 5.38 Å². The van der Waals surface area contributed by atoms with Gasteiger partial charge in [0.05, 0.1) is 18.2 Å². The predicted octanol–water partition coefficient (Wildman–Crippen LogP) is 7.20. The molecule has 0 radical (unpaired) electrons. The van der Waals surface area contributed by atoms with Crippen molar-refractivity contribution in [2.45, 2.75) is 95.3 Å². The smallest absolute Gasteiger partial charge is 0.347 e. The summed E-state index contributed by atoms with van der Waals surface area (Å²) in [5, 5.41) is 5.86. The molecular weight excluding hydrogens is 586 g/mol. The topological polar surface area (TPSA) is 69.5 Å². The minimum atomic E-state index is -5.08. The average molecular weight is 623 g/mol. The van der Waals surface area contributed by atoms with Gasteiger partial charge in [0, 0.05) is 30.5 Å².